The van der Waals surface area contributed by atoms with Crippen LogP contribution in [-0.4, -0.2) is 48.0 Å². The molecule has 1 atom stereocenters. The van der Waals surface area contributed by atoms with Gasteiger partial charge in [0, 0.05) is 13.1 Å². The Bertz CT molecular complexity index is 516. The van der Waals surface area contributed by atoms with Gasteiger partial charge in [0.15, 0.2) is 0 Å². The highest BCUT2D eigenvalue weighted by Crippen LogP contribution is 2.28. The highest BCUT2D eigenvalue weighted by atomic mass is 32.2. The number of carbonyl (C=O) groups excluding carboxylic acids is 2. The van der Waals surface area contributed by atoms with Crippen molar-refractivity contribution in [1.29, 1.82) is 0 Å². The van der Waals surface area contributed by atoms with Gasteiger partial charge in [-0.2, -0.15) is 11.8 Å². The summed E-state index contributed by atoms with van der Waals surface area (Å²) in [5, 5.41) is 2.59. The number of hydrogen-bond donors (Lipinski definition) is 2. The lowest BCUT2D eigenvalue weighted by atomic mass is 9.89. The summed E-state index contributed by atoms with van der Waals surface area (Å²) in [7, 11) is 0. The van der Waals surface area contributed by atoms with Gasteiger partial charge in [-0.3, -0.25) is 4.79 Å². The van der Waals surface area contributed by atoms with Crippen molar-refractivity contribution in [1.82, 2.24) is 10.2 Å². The number of primary amides is 1. The fraction of sp³-hybridized carbons (Fsp3) is 0.529. The lowest BCUT2D eigenvalue weighted by Crippen LogP contribution is -2.52. The third-order valence-electron chi connectivity index (χ3n) is 4.30. The number of benzene rings is 1. The topological polar surface area (TPSA) is 75.4 Å². The zero-order chi connectivity index (χ0) is 16.7. The second-order valence-electron chi connectivity index (χ2n) is 5.85. The normalized spacial score (nSPS) is 16.8. The minimum atomic E-state index is -0.636. The van der Waals surface area contributed by atoms with Gasteiger partial charge in [0.05, 0.1) is 0 Å². The Labute approximate surface area is 142 Å². The standard InChI is InChI=1S/C17H25N3O2S/c1-23-12-9-15(19-17(18)22)16(21)20-10-7-14(8-11-20)13-5-3-2-4-6-13/h2-6,14-15H,7-12H2,1H3,(H3,18,19,22)/t15-/m0/s1. The maximum atomic E-state index is 12.6. The van der Waals surface area contributed by atoms with Gasteiger partial charge >= 0.3 is 6.03 Å². The van der Waals surface area contributed by atoms with Crippen LogP contribution in [0.3, 0.4) is 0 Å². The fourth-order valence-corrected chi connectivity index (χ4v) is 3.52. The fourth-order valence-electron chi connectivity index (χ4n) is 3.04. The van der Waals surface area contributed by atoms with E-state index >= 15 is 0 Å². The molecule has 2 rings (SSSR count). The SMILES string of the molecule is CSCC[C@H](NC(N)=O)C(=O)N1CCC(c2ccccc2)CC1. The van der Waals surface area contributed by atoms with Gasteiger partial charge in [0.25, 0.3) is 0 Å². The zero-order valence-corrected chi connectivity index (χ0v) is 14.3. The Kier molecular flexibility index (Phi) is 6.77. The summed E-state index contributed by atoms with van der Waals surface area (Å²) in [6, 6.07) is 9.30. The first-order chi connectivity index (χ1) is 11.1. The second-order valence-corrected chi connectivity index (χ2v) is 6.84. The summed E-state index contributed by atoms with van der Waals surface area (Å²) < 4.78 is 0. The summed E-state index contributed by atoms with van der Waals surface area (Å²) in [5.41, 5.74) is 6.54. The molecule has 1 heterocycles. The van der Waals surface area contributed by atoms with Gasteiger partial charge in [-0.25, -0.2) is 4.79 Å². The minimum Gasteiger partial charge on any atom is -0.352 e. The Morgan fingerprint density at radius 3 is 2.52 bits per heavy atom. The molecule has 1 saturated heterocycles. The predicted molar refractivity (Wildman–Crippen MR) is 94.5 cm³/mol. The van der Waals surface area contributed by atoms with Gasteiger partial charge < -0.3 is 16.0 Å². The van der Waals surface area contributed by atoms with E-state index in [0.29, 0.717) is 12.3 Å². The van der Waals surface area contributed by atoms with E-state index in [0.717, 1.165) is 31.7 Å². The molecule has 5 nitrogen and oxygen atoms in total. The molecule has 1 aliphatic rings. The molecule has 0 radical (unpaired) electrons. The van der Waals surface area contributed by atoms with Crippen LogP contribution >= 0.6 is 11.8 Å². The van der Waals surface area contributed by atoms with Crippen LogP contribution in [0, 0.1) is 0 Å². The number of carbonyl (C=O) groups is 2. The molecule has 0 spiro atoms. The van der Waals surface area contributed by atoms with Crippen molar-refractivity contribution in [3.05, 3.63) is 35.9 Å². The van der Waals surface area contributed by atoms with Crippen LogP contribution < -0.4 is 11.1 Å². The Morgan fingerprint density at radius 1 is 1.30 bits per heavy atom. The number of urea groups is 1. The third-order valence-corrected chi connectivity index (χ3v) is 4.95. The van der Waals surface area contributed by atoms with Gasteiger partial charge in [0.2, 0.25) is 5.91 Å². The molecule has 0 saturated carbocycles. The molecular formula is C17H25N3O2S. The number of nitrogens with one attached hydrogen (secondary N) is 1. The van der Waals surface area contributed by atoms with Crippen LogP contribution in [0.2, 0.25) is 0 Å². The first-order valence-corrected chi connectivity index (χ1v) is 9.40. The van der Waals surface area contributed by atoms with E-state index in [1.165, 1.54) is 5.56 Å². The highest BCUT2D eigenvalue weighted by Gasteiger charge is 2.29. The summed E-state index contributed by atoms with van der Waals surface area (Å²) in [4.78, 5) is 25.6. The number of amides is 3. The first-order valence-electron chi connectivity index (χ1n) is 8.00. The van der Waals surface area contributed by atoms with E-state index in [1.54, 1.807) is 11.8 Å². The molecule has 1 aliphatic heterocycles. The second kappa shape index (κ2) is 8.82. The molecule has 3 amide bonds. The van der Waals surface area contributed by atoms with E-state index in [9.17, 15) is 9.59 Å². The number of rotatable bonds is 6. The van der Waals surface area contributed by atoms with E-state index in [1.807, 2.05) is 17.2 Å². The zero-order valence-electron chi connectivity index (χ0n) is 13.5. The average molecular weight is 335 g/mol. The maximum Gasteiger partial charge on any atom is 0.312 e. The molecule has 0 bridgehead atoms. The average Bonchev–Trinajstić information content (AvgIpc) is 2.58. The minimum absolute atomic E-state index is 0.00985. The van der Waals surface area contributed by atoms with Crippen molar-refractivity contribution >= 4 is 23.7 Å². The number of piperidine rings is 1. The van der Waals surface area contributed by atoms with Crippen molar-refractivity contribution < 1.29 is 9.59 Å². The highest BCUT2D eigenvalue weighted by molar-refractivity contribution is 7.98. The van der Waals surface area contributed by atoms with Crippen LogP contribution in [0.4, 0.5) is 4.79 Å². The van der Waals surface area contributed by atoms with Crippen LogP contribution in [-0.2, 0) is 4.79 Å². The molecule has 6 heteroatoms. The molecule has 0 aromatic heterocycles. The van der Waals surface area contributed by atoms with Crippen LogP contribution in [0.1, 0.15) is 30.7 Å². The lowest BCUT2D eigenvalue weighted by molar-refractivity contribution is -0.134. The molecule has 0 aliphatic carbocycles. The van der Waals surface area contributed by atoms with Gasteiger partial charge in [-0.05, 0) is 42.8 Å². The van der Waals surface area contributed by atoms with Crippen molar-refractivity contribution in [2.24, 2.45) is 5.73 Å². The van der Waals surface area contributed by atoms with Crippen molar-refractivity contribution in [3.8, 4) is 0 Å². The van der Waals surface area contributed by atoms with Gasteiger partial charge in [-0.15, -0.1) is 0 Å². The summed E-state index contributed by atoms with van der Waals surface area (Å²) >= 11 is 1.66. The summed E-state index contributed by atoms with van der Waals surface area (Å²) in [5.74, 6) is 1.32. The molecule has 1 aromatic carbocycles. The number of nitrogens with two attached hydrogens (primary N) is 1. The molecule has 23 heavy (non-hydrogen) atoms. The van der Waals surface area contributed by atoms with Gasteiger partial charge in [-0.1, -0.05) is 30.3 Å². The number of hydrogen-bond acceptors (Lipinski definition) is 3. The van der Waals surface area contributed by atoms with E-state index in [-0.39, 0.29) is 5.91 Å². The lowest BCUT2D eigenvalue weighted by Gasteiger charge is -2.34. The summed E-state index contributed by atoms with van der Waals surface area (Å²) in [6.07, 6.45) is 4.52. The van der Waals surface area contributed by atoms with Crippen LogP contribution in [0.5, 0.6) is 0 Å². The number of likely N-dealkylation sites (tertiary alicyclic amines) is 1. The van der Waals surface area contributed by atoms with Crippen LogP contribution in [0.25, 0.3) is 0 Å². The molecule has 0 unspecified atom stereocenters. The first kappa shape index (κ1) is 17.7. The van der Waals surface area contributed by atoms with Crippen LogP contribution in [0.15, 0.2) is 30.3 Å². The number of nitrogens with zero attached hydrogens (tertiary/aromatic N) is 1. The maximum absolute atomic E-state index is 12.6. The Balaban J connectivity index is 1.91. The smallest absolute Gasteiger partial charge is 0.312 e. The van der Waals surface area contributed by atoms with Crippen molar-refractivity contribution in [3.63, 3.8) is 0 Å². The Hall–Kier alpha value is -1.69. The molecule has 126 valence electrons. The Morgan fingerprint density at radius 2 is 1.96 bits per heavy atom. The van der Waals surface area contributed by atoms with Gasteiger partial charge in [0.1, 0.15) is 6.04 Å². The largest absolute Gasteiger partial charge is 0.352 e. The molecule has 1 fully saturated rings. The molecular weight excluding hydrogens is 310 g/mol. The van der Waals surface area contributed by atoms with E-state index < -0.39 is 12.1 Å². The van der Waals surface area contributed by atoms with E-state index in [2.05, 4.69) is 29.6 Å². The quantitative estimate of drug-likeness (QED) is 0.837. The monoisotopic (exact) mass is 335 g/mol. The van der Waals surface area contributed by atoms with Crippen molar-refractivity contribution in [2.75, 3.05) is 25.1 Å². The molecule has 3 N–H and O–H groups in total. The third kappa shape index (κ3) is 5.16. The number of thioether (sulfide) groups is 1. The summed E-state index contributed by atoms with van der Waals surface area (Å²) in [6.45, 7) is 1.46. The molecule has 1 aromatic rings. The predicted octanol–water partition coefficient (Wildman–Crippen LogP) is 2.18. The van der Waals surface area contributed by atoms with E-state index in [4.69, 9.17) is 5.73 Å². The van der Waals surface area contributed by atoms with Crippen molar-refractivity contribution in [2.45, 2.75) is 31.2 Å².